The largest absolute Gasteiger partial charge is 0.354 e. The Morgan fingerprint density at radius 3 is 2.43 bits per heavy atom. The fraction of sp³-hybridized carbons (Fsp3) is 0. The summed E-state index contributed by atoms with van der Waals surface area (Å²) < 4.78 is 0. The van der Waals surface area contributed by atoms with Crippen LogP contribution in [0.1, 0.15) is 5.56 Å². The molecule has 1 N–H and O–H groups in total. The molecule has 4 rings (SSSR count). The Balaban J connectivity index is 1.74. The second kappa shape index (κ2) is 5.39. The molecule has 23 heavy (non-hydrogen) atoms. The number of pyridine rings is 2. The van der Waals surface area contributed by atoms with Crippen LogP contribution < -0.4 is 5.32 Å². The molecule has 4 heteroatoms. The zero-order valence-corrected chi connectivity index (χ0v) is 12.2. The van der Waals surface area contributed by atoms with Gasteiger partial charge in [0.25, 0.3) is 0 Å². The average molecular weight is 296 g/mol. The van der Waals surface area contributed by atoms with Crippen molar-refractivity contribution in [2.24, 2.45) is 0 Å². The van der Waals surface area contributed by atoms with E-state index in [4.69, 9.17) is 5.26 Å². The second-order valence-corrected chi connectivity index (χ2v) is 5.25. The number of anilines is 2. The maximum Gasteiger partial charge on any atom is 0.0991 e. The lowest BCUT2D eigenvalue weighted by atomic mass is 10.1. The Bertz CT molecular complexity index is 1050. The van der Waals surface area contributed by atoms with E-state index in [1.54, 1.807) is 24.5 Å². The first kappa shape index (κ1) is 13.2. The topological polar surface area (TPSA) is 61.6 Å². The molecule has 0 aliphatic carbocycles. The van der Waals surface area contributed by atoms with E-state index in [0.717, 1.165) is 33.2 Å². The lowest BCUT2D eigenvalue weighted by Gasteiger charge is -2.08. The summed E-state index contributed by atoms with van der Waals surface area (Å²) in [5, 5.41) is 14.3. The van der Waals surface area contributed by atoms with Gasteiger partial charge < -0.3 is 5.32 Å². The molecule has 0 fully saturated rings. The van der Waals surface area contributed by atoms with Gasteiger partial charge in [-0.1, -0.05) is 18.2 Å². The van der Waals surface area contributed by atoms with Crippen molar-refractivity contribution in [3.63, 3.8) is 0 Å². The molecule has 0 atom stereocenters. The summed E-state index contributed by atoms with van der Waals surface area (Å²) in [4.78, 5) is 8.99. The van der Waals surface area contributed by atoms with Gasteiger partial charge in [0.1, 0.15) is 0 Å². The van der Waals surface area contributed by atoms with Gasteiger partial charge in [0.05, 0.1) is 34.6 Å². The number of nitrogens with zero attached hydrogens (tertiary/aromatic N) is 3. The predicted molar refractivity (Wildman–Crippen MR) is 91.5 cm³/mol. The molecule has 0 radical (unpaired) electrons. The van der Waals surface area contributed by atoms with Crippen LogP contribution in [0.5, 0.6) is 0 Å². The van der Waals surface area contributed by atoms with Crippen molar-refractivity contribution >= 4 is 33.2 Å². The minimum atomic E-state index is 0.643. The van der Waals surface area contributed by atoms with E-state index >= 15 is 0 Å². The van der Waals surface area contributed by atoms with Crippen LogP contribution in [0.4, 0.5) is 11.4 Å². The van der Waals surface area contributed by atoms with Crippen molar-refractivity contribution in [1.29, 1.82) is 5.26 Å². The van der Waals surface area contributed by atoms with Gasteiger partial charge in [-0.25, -0.2) is 0 Å². The van der Waals surface area contributed by atoms with E-state index in [1.165, 1.54) is 0 Å². The SMILES string of the molecule is N#Cc1ccc(Nc2cnc3c(ccc4cccnc43)c2)cc1. The Kier molecular flexibility index (Phi) is 3.10. The van der Waals surface area contributed by atoms with Crippen molar-refractivity contribution < 1.29 is 0 Å². The first-order chi connectivity index (χ1) is 11.3. The van der Waals surface area contributed by atoms with Gasteiger partial charge in [-0.2, -0.15) is 5.26 Å². The zero-order valence-electron chi connectivity index (χ0n) is 12.2. The van der Waals surface area contributed by atoms with Crippen LogP contribution in [0.3, 0.4) is 0 Å². The summed E-state index contributed by atoms with van der Waals surface area (Å²) >= 11 is 0. The summed E-state index contributed by atoms with van der Waals surface area (Å²) in [6.45, 7) is 0. The highest BCUT2D eigenvalue weighted by atomic mass is 14.9. The number of aromatic nitrogens is 2. The second-order valence-electron chi connectivity index (χ2n) is 5.25. The first-order valence-corrected chi connectivity index (χ1v) is 7.24. The van der Waals surface area contributed by atoms with E-state index < -0.39 is 0 Å². The van der Waals surface area contributed by atoms with Crippen molar-refractivity contribution in [2.45, 2.75) is 0 Å². The number of nitriles is 1. The molecule has 0 spiro atoms. The average Bonchev–Trinajstić information content (AvgIpc) is 2.62. The van der Waals surface area contributed by atoms with E-state index in [9.17, 15) is 0 Å². The van der Waals surface area contributed by atoms with Crippen molar-refractivity contribution in [2.75, 3.05) is 5.32 Å². The molecule has 0 amide bonds. The van der Waals surface area contributed by atoms with Crippen LogP contribution in [0.2, 0.25) is 0 Å². The monoisotopic (exact) mass is 296 g/mol. The Morgan fingerprint density at radius 2 is 1.61 bits per heavy atom. The summed E-state index contributed by atoms with van der Waals surface area (Å²) in [6.07, 6.45) is 3.58. The van der Waals surface area contributed by atoms with Gasteiger partial charge in [0, 0.05) is 22.7 Å². The molecule has 2 aromatic heterocycles. The van der Waals surface area contributed by atoms with Crippen molar-refractivity contribution in [3.8, 4) is 6.07 Å². The molecule has 0 bridgehead atoms. The molecule has 0 aliphatic rings. The standard InChI is InChI=1S/C19H12N4/c20-11-13-3-7-16(8-4-13)23-17-10-15-6-5-14-2-1-9-21-18(14)19(15)22-12-17/h1-10,12,23H. The molecule has 0 saturated carbocycles. The minimum absolute atomic E-state index is 0.643. The summed E-state index contributed by atoms with van der Waals surface area (Å²) in [5.74, 6) is 0. The van der Waals surface area contributed by atoms with Crippen LogP contribution in [0.25, 0.3) is 21.8 Å². The van der Waals surface area contributed by atoms with Crippen LogP contribution in [0, 0.1) is 11.3 Å². The molecule has 2 heterocycles. The zero-order chi connectivity index (χ0) is 15.6. The quantitative estimate of drug-likeness (QED) is 0.557. The molecule has 2 aromatic carbocycles. The van der Waals surface area contributed by atoms with Crippen molar-refractivity contribution in [1.82, 2.24) is 9.97 Å². The molecular formula is C19H12N4. The highest BCUT2D eigenvalue weighted by molar-refractivity contribution is 6.03. The highest BCUT2D eigenvalue weighted by Crippen LogP contribution is 2.25. The molecule has 4 aromatic rings. The number of hydrogen-bond donors (Lipinski definition) is 1. The molecule has 0 aliphatic heterocycles. The van der Waals surface area contributed by atoms with Gasteiger partial charge in [-0.05, 0) is 36.4 Å². The summed E-state index contributed by atoms with van der Waals surface area (Å²) in [7, 11) is 0. The lowest BCUT2D eigenvalue weighted by Crippen LogP contribution is -1.92. The van der Waals surface area contributed by atoms with Gasteiger partial charge >= 0.3 is 0 Å². The first-order valence-electron chi connectivity index (χ1n) is 7.24. The van der Waals surface area contributed by atoms with Crippen LogP contribution >= 0.6 is 0 Å². The fourth-order valence-corrected chi connectivity index (χ4v) is 2.60. The molecule has 0 saturated heterocycles. The number of fused-ring (bicyclic) bond motifs is 3. The van der Waals surface area contributed by atoms with E-state index in [2.05, 4.69) is 39.6 Å². The van der Waals surface area contributed by atoms with Crippen LogP contribution in [-0.4, -0.2) is 9.97 Å². The Hall–Kier alpha value is -3.45. The van der Waals surface area contributed by atoms with Gasteiger partial charge in [-0.15, -0.1) is 0 Å². The number of benzene rings is 2. The minimum Gasteiger partial charge on any atom is -0.354 e. The summed E-state index contributed by atoms with van der Waals surface area (Å²) in [5.41, 5.74) is 4.27. The Morgan fingerprint density at radius 1 is 0.826 bits per heavy atom. The normalized spacial score (nSPS) is 10.6. The van der Waals surface area contributed by atoms with E-state index in [1.807, 2.05) is 24.3 Å². The van der Waals surface area contributed by atoms with Gasteiger partial charge in [0.2, 0.25) is 0 Å². The number of rotatable bonds is 2. The van der Waals surface area contributed by atoms with Gasteiger partial charge in [-0.3, -0.25) is 9.97 Å². The number of nitrogens with one attached hydrogen (secondary N) is 1. The molecule has 0 unspecified atom stereocenters. The van der Waals surface area contributed by atoms with E-state index in [-0.39, 0.29) is 0 Å². The Labute approximate surface area is 133 Å². The van der Waals surface area contributed by atoms with E-state index in [0.29, 0.717) is 5.56 Å². The maximum absolute atomic E-state index is 8.84. The fourth-order valence-electron chi connectivity index (χ4n) is 2.60. The smallest absolute Gasteiger partial charge is 0.0991 e. The highest BCUT2D eigenvalue weighted by Gasteiger charge is 2.04. The van der Waals surface area contributed by atoms with Gasteiger partial charge in [0.15, 0.2) is 0 Å². The predicted octanol–water partition coefficient (Wildman–Crippen LogP) is 4.40. The summed E-state index contributed by atoms with van der Waals surface area (Å²) in [6, 6.07) is 19.6. The molecule has 108 valence electrons. The van der Waals surface area contributed by atoms with Crippen LogP contribution in [0.15, 0.2) is 67.0 Å². The van der Waals surface area contributed by atoms with Crippen LogP contribution in [-0.2, 0) is 0 Å². The molecular weight excluding hydrogens is 284 g/mol. The lowest BCUT2D eigenvalue weighted by molar-refractivity contribution is 1.37. The third-order valence-corrected chi connectivity index (χ3v) is 3.73. The molecule has 4 nitrogen and oxygen atoms in total. The van der Waals surface area contributed by atoms with Crippen molar-refractivity contribution in [3.05, 3.63) is 72.6 Å². The third kappa shape index (κ3) is 2.45. The third-order valence-electron chi connectivity index (χ3n) is 3.73. The number of hydrogen-bond acceptors (Lipinski definition) is 4. The maximum atomic E-state index is 8.84.